The summed E-state index contributed by atoms with van der Waals surface area (Å²) in [4.78, 5) is 1.39. The minimum absolute atomic E-state index is 0.131. The smallest absolute Gasteiger partial charge is 0.134 e. The Morgan fingerprint density at radius 1 is 1.28 bits per heavy atom. The molecule has 2 nitrogen and oxygen atoms in total. The maximum atomic E-state index is 9.34. The molecule has 0 aliphatic carbocycles. The van der Waals surface area contributed by atoms with Crippen LogP contribution in [0.25, 0.3) is 0 Å². The molecule has 0 radical (unpaired) electrons. The Kier molecular flexibility index (Phi) is 4.64. The van der Waals surface area contributed by atoms with Gasteiger partial charge in [0.05, 0.1) is 5.02 Å². The van der Waals surface area contributed by atoms with E-state index < -0.39 is 0 Å². The summed E-state index contributed by atoms with van der Waals surface area (Å²) in [5, 5.41) is 15.3. The van der Waals surface area contributed by atoms with Gasteiger partial charge in [-0.3, -0.25) is 0 Å². The van der Waals surface area contributed by atoms with E-state index in [0.29, 0.717) is 5.02 Å². The maximum absolute atomic E-state index is 9.34. The predicted octanol–water partition coefficient (Wildman–Crippen LogP) is 3.96. The van der Waals surface area contributed by atoms with Gasteiger partial charge < -0.3 is 10.4 Å². The van der Waals surface area contributed by atoms with Crippen LogP contribution in [-0.4, -0.2) is 5.11 Å². The molecule has 0 spiro atoms. The molecule has 0 bridgehead atoms. The number of phenols is 1. The lowest BCUT2D eigenvalue weighted by molar-refractivity contribution is 0.475. The number of aryl methyl sites for hydroxylation is 1. The average Bonchev–Trinajstić information content (AvgIpc) is 2.81. The van der Waals surface area contributed by atoms with Crippen LogP contribution in [0.5, 0.6) is 5.75 Å². The van der Waals surface area contributed by atoms with Crippen LogP contribution in [0.3, 0.4) is 0 Å². The highest BCUT2D eigenvalue weighted by atomic mass is 35.5. The molecular formula is C14H16ClNOS. The third-order valence-corrected chi connectivity index (χ3v) is 4.11. The summed E-state index contributed by atoms with van der Waals surface area (Å²) in [5.41, 5.74) is 2.49. The standard InChI is InChI=1S/C14H16ClNOS/c1-2-11-5-6-18-14(11)9-16-8-10-3-4-13(17)12(15)7-10/h3-7,16-17H,2,8-9H2,1H3. The minimum Gasteiger partial charge on any atom is -0.506 e. The van der Waals surface area contributed by atoms with E-state index in [2.05, 4.69) is 23.7 Å². The summed E-state index contributed by atoms with van der Waals surface area (Å²) in [5.74, 6) is 0.131. The number of rotatable bonds is 5. The molecule has 2 rings (SSSR count). The summed E-state index contributed by atoms with van der Waals surface area (Å²) in [7, 11) is 0. The Morgan fingerprint density at radius 3 is 2.83 bits per heavy atom. The van der Waals surface area contributed by atoms with Gasteiger partial charge in [-0.1, -0.05) is 24.6 Å². The molecule has 4 heteroatoms. The molecule has 0 aliphatic rings. The third kappa shape index (κ3) is 3.25. The molecule has 1 heterocycles. The molecule has 0 amide bonds. The van der Waals surface area contributed by atoms with Crippen molar-refractivity contribution in [2.75, 3.05) is 0 Å². The first-order valence-corrected chi connectivity index (χ1v) is 7.19. The highest BCUT2D eigenvalue weighted by Gasteiger charge is 2.03. The van der Waals surface area contributed by atoms with Crippen molar-refractivity contribution in [2.24, 2.45) is 0 Å². The van der Waals surface area contributed by atoms with Crippen LogP contribution < -0.4 is 5.32 Å². The van der Waals surface area contributed by atoms with E-state index in [1.54, 1.807) is 23.5 Å². The summed E-state index contributed by atoms with van der Waals surface area (Å²) in [6, 6.07) is 7.48. The molecule has 18 heavy (non-hydrogen) atoms. The van der Waals surface area contributed by atoms with E-state index in [4.69, 9.17) is 11.6 Å². The lowest BCUT2D eigenvalue weighted by Crippen LogP contribution is -2.12. The highest BCUT2D eigenvalue weighted by Crippen LogP contribution is 2.23. The van der Waals surface area contributed by atoms with Crippen molar-refractivity contribution in [3.63, 3.8) is 0 Å². The van der Waals surface area contributed by atoms with Crippen molar-refractivity contribution < 1.29 is 5.11 Å². The van der Waals surface area contributed by atoms with Crippen molar-refractivity contribution >= 4 is 22.9 Å². The average molecular weight is 282 g/mol. The molecular weight excluding hydrogens is 266 g/mol. The Bertz CT molecular complexity index is 524. The molecule has 0 atom stereocenters. The van der Waals surface area contributed by atoms with E-state index >= 15 is 0 Å². The zero-order valence-corrected chi connectivity index (χ0v) is 11.8. The van der Waals surface area contributed by atoms with Crippen LogP contribution in [0.4, 0.5) is 0 Å². The number of halogens is 1. The minimum atomic E-state index is 0.131. The molecule has 2 N–H and O–H groups in total. The number of aromatic hydroxyl groups is 1. The van der Waals surface area contributed by atoms with Gasteiger partial charge in [-0.15, -0.1) is 11.3 Å². The van der Waals surface area contributed by atoms with Gasteiger partial charge in [-0.05, 0) is 41.1 Å². The van der Waals surface area contributed by atoms with Gasteiger partial charge in [0.1, 0.15) is 5.75 Å². The van der Waals surface area contributed by atoms with Crippen molar-refractivity contribution in [2.45, 2.75) is 26.4 Å². The lowest BCUT2D eigenvalue weighted by atomic mass is 10.2. The molecule has 96 valence electrons. The van der Waals surface area contributed by atoms with E-state index in [9.17, 15) is 5.11 Å². The van der Waals surface area contributed by atoms with Crippen LogP contribution >= 0.6 is 22.9 Å². The number of hydrogen-bond donors (Lipinski definition) is 2. The highest BCUT2D eigenvalue weighted by molar-refractivity contribution is 7.10. The van der Waals surface area contributed by atoms with Crippen LogP contribution in [0.15, 0.2) is 29.6 Å². The van der Waals surface area contributed by atoms with E-state index in [1.807, 2.05) is 6.07 Å². The number of benzene rings is 1. The summed E-state index contributed by atoms with van der Waals surface area (Å²) >= 11 is 7.65. The topological polar surface area (TPSA) is 32.3 Å². The summed E-state index contributed by atoms with van der Waals surface area (Å²) < 4.78 is 0. The Morgan fingerprint density at radius 2 is 2.11 bits per heavy atom. The van der Waals surface area contributed by atoms with Gasteiger partial charge in [-0.2, -0.15) is 0 Å². The molecule has 0 unspecified atom stereocenters. The van der Waals surface area contributed by atoms with Gasteiger partial charge in [0.15, 0.2) is 0 Å². The fraction of sp³-hybridized carbons (Fsp3) is 0.286. The maximum Gasteiger partial charge on any atom is 0.134 e. The first-order chi connectivity index (χ1) is 8.70. The van der Waals surface area contributed by atoms with Crippen LogP contribution in [-0.2, 0) is 19.5 Å². The van der Waals surface area contributed by atoms with Crippen molar-refractivity contribution in [3.8, 4) is 5.75 Å². The lowest BCUT2D eigenvalue weighted by Gasteiger charge is -2.06. The zero-order chi connectivity index (χ0) is 13.0. The third-order valence-electron chi connectivity index (χ3n) is 2.85. The van der Waals surface area contributed by atoms with Crippen LogP contribution in [0.1, 0.15) is 22.9 Å². The Labute approximate surface area is 116 Å². The molecule has 1 aromatic heterocycles. The fourth-order valence-electron chi connectivity index (χ4n) is 1.82. The second-order valence-corrected chi connectivity index (χ2v) is 5.52. The molecule has 0 aliphatic heterocycles. The zero-order valence-electron chi connectivity index (χ0n) is 10.2. The molecule has 2 aromatic rings. The van der Waals surface area contributed by atoms with E-state index in [1.165, 1.54) is 10.4 Å². The van der Waals surface area contributed by atoms with E-state index in [0.717, 1.165) is 25.1 Å². The van der Waals surface area contributed by atoms with Crippen molar-refractivity contribution in [1.29, 1.82) is 0 Å². The van der Waals surface area contributed by atoms with Crippen molar-refractivity contribution in [3.05, 3.63) is 50.7 Å². The van der Waals surface area contributed by atoms with Crippen LogP contribution in [0, 0.1) is 0 Å². The fourth-order valence-corrected chi connectivity index (χ4v) is 2.97. The SMILES string of the molecule is CCc1ccsc1CNCc1ccc(O)c(Cl)c1. The molecule has 0 fully saturated rings. The second-order valence-electron chi connectivity index (χ2n) is 4.11. The molecule has 0 saturated heterocycles. The summed E-state index contributed by atoms with van der Waals surface area (Å²) in [6.45, 7) is 3.80. The predicted molar refractivity (Wildman–Crippen MR) is 77.4 cm³/mol. The first kappa shape index (κ1) is 13.4. The second kappa shape index (κ2) is 6.23. The van der Waals surface area contributed by atoms with Gasteiger partial charge in [0, 0.05) is 18.0 Å². The number of nitrogens with one attached hydrogen (secondary N) is 1. The molecule has 0 saturated carbocycles. The quantitative estimate of drug-likeness (QED) is 0.869. The number of phenolic OH excluding ortho intramolecular Hbond substituents is 1. The van der Waals surface area contributed by atoms with Gasteiger partial charge >= 0.3 is 0 Å². The van der Waals surface area contributed by atoms with Gasteiger partial charge in [-0.25, -0.2) is 0 Å². The Balaban J connectivity index is 1.90. The summed E-state index contributed by atoms with van der Waals surface area (Å²) in [6.07, 6.45) is 1.07. The molecule has 1 aromatic carbocycles. The number of thiophene rings is 1. The first-order valence-electron chi connectivity index (χ1n) is 5.94. The monoisotopic (exact) mass is 281 g/mol. The normalized spacial score (nSPS) is 10.8. The number of hydrogen-bond acceptors (Lipinski definition) is 3. The van der Waals surface area contributed by atoms with Gasteiger partial charge in [0.25, 0.3) is 0 Å². The van der Waals surface area contributed by atoms with Crippen molar-refractivity contribution in [1.82, 2.24) is 5.32 Å². The van der Waals surface area contributed by atoms with Gasteiger partial charge in [0.2, 0.25) is 0 Å². The van der Waals surface area contributed by atoms with E-state index in [-0.39, 0.29) is 5.75 Å². The Hall–Kier alpha value is -1.03. The largest absolute Gasteiger partial charge is 0.506 e. The van der Waals surface area contributed by atoms with Crippen LogP contribution in [0.2, 0.25) is 5.02 Å².